The number of amidine groups is 1. The molecule has 0 aromatic rings. The van der Waals surface area contributed by atoms with Crippen molar-refractivity contribution in [2.45, 2.75) is 125 Å². The molecular formula is C29H54N2O5. The number of carbonyl (C=O) groups excluding carboxylic acids is 2. The second kappa shape index (κ2) is 32.5. The lowest BCUT2D eigenvalue weighted by Crippen LogP contribution is -2.10. The molecule has 36 heavy (non-hydrogen) atoms. The van der Waals surface area contributed by atoms with Crippen molar-refractivity contribution in [3.05, 3.63) is 37.0 Å². The normalized spacial score (nSPS) is 16.3. The fraction of sp³-hybridized carbons (Fsp3) is 0.655. The van der Waals surface area contributed by atoms with E-state index in [2.05, 4.69) is 25.4 Å². The van der Waals surface area contributed by atoms with E-state index in [1.165, 1.54) is 25.0 Å². The van der Waals surface area contributed by atoms with Gasteiger partial charge in [0.25, 0.3) is 0 Å². The fourth-order valence-electron chi connectivity index (χ4n) is 2.70. The Hall–Kier alpha value is -2.54. The molecule has 1 saturated heterocycles. The summed E-state index contributed by atoms with van der Waals surface area (Å²) in [7, 11) is 0. The van der Waals surface area contributed by atoms with Gasteiger partial charge in [-0.15, -0.1) is 0 Å². The highest BCUT2D eigenvalue weighted by Gasteiger charge is 2.21. The first-order chi connectivity index (χ1) is 17.2. The number of hydrogen-bond donors (Lipinski definition) is 2. The third kappa shape index (κ3) is 33.6. The monoisotopic (exact) mass is 510 g/mol. The molecule has 2 atom stereocenters. The third-order valence-electron chi connectivity index (χ3n) is 4.39. The summed E-state index contributed by atoms with van der Waals surface area (Å²) in [5, 5.41) is 7.91. The average molecular weight is 511 g/mol. The first kappa shape index (κ1) is 40.6. The molecule has 3 N–H and O–H groups in total. The lowest BCUT2D eigenvalue weighted by molar-refractivity contribution is -0.131. The minimum atomic E-state index is -0.945. The number of ketones is 1. The minimum absolute atomic E-state index is 0.185. The van der Waals surface area contributed by atoms with E-state index in [-0.39, 0.29) is 11.7 Å². The van der Waals surface area contributed by atoms with Gasteiger partial charge in [-0.3, -0.25) is 9.59 Å². The van der Waals surface area contributed by atoms with E-state index in [9.17, 15) is 14.4 Å². The van der Waals surface area contributed by atoms with Crippen molar-refractivity contribution in [3.63, 3.8) is 0 Å². The van der Waals surface area contributed by atoms with Crippen molar-refractivity contribution >= 4 is 23.5 Å². The van der Waals surface area contributed by atoms with Gasteiger partial charge in [-0.1, -0.05) is 79.2 Å². The van der Waals surface area contributed by atoms with E-state index < -0.39 is 5.97 Å². The summed E-state index contributed by atoms with van der Waals surface area (Å²) in [4.78, 5) is 35.3. The van der Waals surface area contributed by atoms with Crippen molar-refractivity contribution in [1.29, 1.82) is 0 Å². The molecule has 210 valence electrons. The van der Waals surface area contributed by atoms with Gasteiger partial charge in [0, 0.05) is 25.3 Å². The van der Waals surface area contributed by atoms with Gasteiger partial charge in [0.1, 0.15) is 11.6 Å². The van der Waals surface area contributed by atoms with E-state index in [4.69, 9.17) is 15.6 Å². The fourth-order valence-corrected chi connectivity index (χ4v) is 2.70. The molecule has 2 unspecified atom stereocenters. The zero-order chi connectivity index (χ0) is 28.8. The Labute approximate surface area is 221 Å². The second-order valence-electron chi connectivity index (χ2n) is 7.40. The molecule has 0 aliphatic carbocycles. The van der Waals surface area contributed by atoms with E-state index >= 15 is 0 Å². The zero-order valence-corrected chi connectivity index (χ0v) is 24.2. The van der Waals surface area contributed by atoms with Crippen LogP contribution in [-0.2, 0) is 19.1 Å². The SMILES string of the molecule is C/C=C\C(N)=NC(=O)CC.C=C/C=C\C(=O)O.CC.CC.CCCCCC(=O)CCC1CCC(C)O1. The van der Waals surface area contributed by atoms with Gasteiger partial charge >= 0.3 is 5.97 Å². The summed E-state index contributed by atoms with van der Waals surface area (Å²) in [6.45, 7) is 19.1. The molecule has 0 aromatic heterocycles. The zero-order valence-electron chi connectivity index (χ0n) is 24.2. The number of unbranched alkanes of at least 4 members (excludes halogenated alkanes) is 2. The van der Waals surface area contributed by atoms with Crippen LogP contribution in [0.5, 0.6) is 0 Å². The largest absolute Gasteiger partial charge is 0.478 e. The number of nitrogens with zero attached hydrogens (tertiary/aromatic N) is 1. The van der Waals surface area contributed by atoms with Crippen LogP contribution in [0.3, 0.4) is 0 Å². The molecule has 0 saturated carbocycles. The summed E-state index contributed by atoms with van der Waals surface area (Å²) in [6, 6.07) is 0. The van der Waals surface area contributed by atoms with E-state index in [0.29, 0.717) is 24.4 Å². The predicted octanol–water partition coefficient (Wildman–Crippen LogP) is 7.21. The predicted molar refractivity (Wildman–Crippen MR) is 153 cm³/mol. The van der Waals surface area contributed by atoms with Crippen molar-refractivity contribution in [2.24, 2.45) is 10.7 Å². The van der Waals surface area contributed by atoms with Crippen LogP contribution in [-0.4, -0.2) is 40.8 Å². The van der Waals surface area contributed by atoms with Gasteiger partial charge in [0.2, 0.25) is 5.91 Å². The number of carbonyl (C=O) groups is 3. The standard InChI is InChI=1S/C13H24O2.C7H12N2O.C5H6O2.2C2H6/c1-3-4-5-6-12(14)8-10-13-9-7-11(2)15-13;1-3-5-6(8)9-7(10)4-2;1-2-3-4-5(6)7;2*1-2/h11,13H,3-10H2,1-2H3;3,5H,4H2,1-2H3,(H2,8,9,10);2-4H,1H2,(H,6,7);2*1-2H3/b;5-3-;4-3-;;. The molecule has 1 rings (SSSR count). The lowest BCUT2D eigenvalue weighted by atomic mass is 10.0. The molecular weight excluding hydrogens is 456 g/mol. The van der Waals surface area contributed by atoms with Gasteiger partial charge in [0.05, 0.1) is 12.2 Å². The highest BCUT2D eigenvalue weighted by Crippen LogP contribution is 2.22. The Morgan fingerprint density at radius 3 is 2.06 bits per heavy atom. The maximum Gasteiger partial charge on any atom is 0.328 e. The van der Waals surface area contributed by atoms with E-state index in [1.54, 1.807) is 19.1 Å². The van der Waals surface area contributed by atoms with Gasteiger partial charge in [-0.05, 0) is 45.6 Å². The van der Waals surface area contributed by atoms with Crippen LogP contribution in [0, 0.1) is 0 Å². The van der Waals surface area contributed by atoms with Crippen LogP contribution in [0.2, 0.25) is 0 Å². The number of hydrogen-bond acceptors (Lipinski definition) is 4. The number of carboxylic acid groups (broad SMARTS) is 1. The maximum absolute atomic E-state index is 11.5. The van der Waals surface area contributed by atoms with Crippen molar-refractivity contribution in [2.75, 3.05) is 0 Å². The summed E-state index contributed by atoms with van der Waals surface area (Å²) >= 11 is 0. The molecule has 1 aliphatic rings. The Morgan fingerprint density at radius 2 is 1.67 bits per heavy atom. The van der Waals surface area contributed by atoms with Gasteiger partial charge in [-0.2, -0.15) is 4.99 Å². The van der Waals surface area contributed by atoms with Crippen LogP contribution in [0.1, 0.15) is 113 Å². The van der Waals surface area contributed by atoms with Crippen molar-refractivity contribution in [1.82, 2.24) is 0 Å². The number of allylic oxidation sites excluding steroid dienone is 3. The molecule has 1 fully saturated rings. The summed E-state index contributed by atoms with van der Waals surface area (Å²) in [6.07, 6.45) is 16.5. The Kier molecular flexibility index (Phi) is 36.6. The quantitative estimate of drug-likeness (QED) is 0.0996. The van der Waals surface area contributed by atoms with Gasteiger partial charge in [0.15, 0.2) is 0 Å². The number of aliphatic carboxylic acids is 1. The molecule has 1 amide bonds. The Bertz CT molecular complexity index is 640. The number of Topliss-reactive ketones (excluding diaryl/α,β-unsaturated/α-hetero) is 1. The highest BCUT2D eigenvalue weighted by atomic mass is 16.5. The third-order valence-corrected chi connectivity index (χ3v) is 4.39. The number of amides is 1. The van der Waals surface area contributed by atoms with Crippen molar-refractivity contribution in [3.8, 4) is 0 Å². The molecule has 7 nitrogen and oxygen atoms in total. The maximum atomic E-state index is 11.5. The highest BCUT2D eigenvalue weighted by molar-refractivity contribution is 5.99. The molecule has 0 bridgehead atoms. The number of ether oxygens (including phenoxy) is 1. The number of carboxylic acids is 1. The van der Waals surface area contributed by atoms with Crippen LogP contribution < -0.4 is 5.73 Å². The van der Waals surface area contributed by atoms with Crippen LogP contribution in [0.4, 0.5) is 0 Å². The van der Waals surface area contributed by atoms with E-state index in [0.717, 1.165) is 44.6 Å². The van der Waals surface area contributed by atoms with Crippen LogP contribution in [0.25, 0.3) is 0 Å². The number of rotatable bonds is 11. The average Bonchev–Trinajstić information content (AvgIpc) is 3.30. The minimum Gasteiger partial charge on any atom is -0.478 e. The molecule has 7 heteroatoms. The Balaban J connectivity index is -0.000000212. The molecule has 0 spiro atoms. The number of nitrogens with two attached hydrogens (primary N) is 1. The van der Waals surface area contributed by atoms with Crippen molar-refractivity contribution < 1.29 is 24.2 Å². The lowest BCUT2D eigenvalue weighted by Gasteiger charge is -2.09. The van der Waals surface area contributed by atoms with E-state index in [1.807, 2.05) is 34.6 Å². The van der Waals surface area contributed by atoms with Gasteiger partial charge in [-0.25, -0.2) is 4.79 Å². The van der Waals surface area contributed by atoms with Crippen LogP contribution in [0.15, 0.2) is 42.0 Å². The molecule has 0 radical (unpaired) electrons. The summed E-state index contributed by atoms with van der Waals surface area (Å²) < 4.78 is 5.69. The summed E-state index contributed by atoms with van der Waals surface area (Å²) in [5.41, 5.74) is 5.30. The molecule has 1 aliphatic heterocycles. The Morgan fingerprint density at radius 1 is 1.06 bits per heavy atom. The van der Waals surface area contributed by atoms with Crippen LogP contribution >= 0.6 is 0 Å². The number of aliphatic imine (C=N–C) groups is 1. The molecule has 1 heterocycles. The summed E-state index contributed by atoms with van der Waals surface area (Å²) in [5.74, 6) is -0.434. The first-order valence-corrected chi connectivity index (χ1v) is 13.4. The second-order valence-corrected chi connectivity index (χ2v) is 7.40. The smallest absolute Gasteiger partial charge is 0.328 e. The molecule has 0 aromatic carbocycles. The van der Waals surface area contributed by atoms with Gasteiger partial charge < -0.3 is 15.6 Å². The first-order valence-electron chi connectivity index (χ1n) is 13.4. The topological polar surface area (TPSA) is 119 Å².